The molecule has 1 aliphatic heterocycles. The number of methoxy groups -OCH3 is 1. The van der Waals surface area contributed by atoms with Crippen molar-refractivity contribution in [2.45, 2.75) is 91.2 Å². The maximum atomic E-state index is 13.6. The molecule has 2 aromatic heterocycles. The zero-order chi connectivity index (χ0) is 32.2. The highest BCUT2D eigenvalue weighted by Crippen LogP contribution is 2.28. The predicted octanol–water partition coefficient (Wildman–Crippen LogP) is 5.81. The van der Waals surface area contributed by atoms with Crippen molar-refractivity contribution in [2.75, 3.05) is 37.2 Å². The summed E-state index contributed by atoms with van der Waals surface area (Å²) in [5, 5.41) is 7.99. The molecule has 1 aliphatic rings. The molecule has 1 saturated heterocycles. The summed E-state index contributed by atoms with van der Waals surface area (Å²) in [6.07, 6.45) is 2.08. The number of amides is 2. The first kappa shape index (κ1) is 33.0. The predicted molar refractivity (Wildman–Crippen MR) is 168 cm³/mol. The number of carbonyl (C=O) groups is 2. The number of likely N-dealkylation sites (tertiary alicyclic amines) is 1. The van der Waals surface area contributed by atoms with Gasteiger partial charge in [-0.25, -0.2) is 14.6 Å². The number of fused-ring (bicyclic) bond motifs is 1. The molecule has 44 heavy (non-hydrogen) atoms. The summed E-state index contributed by atoms with van der Waals surface area (Å²) in [6.45, 7) is 16.4. The summed E-state index contributed by atoms with van der Waals surface area (Å²) in [7, 11) is 1.57. The third kappa shape index (κ3) is 8.60. The van der Waals surface area contributed by atoms with E-state index in [1.54, 1.807) is 46.0 Å². The van der Waals surface area contributed by atoms with Gasteiger partial charge in [0.05, 0.1) is 31.4 Å². The van der Waals surface area contributed by atoms with E-state index in [1.807, 2.05) is 47.6 Å². The molecule has 12 nitrogen and oxygen atoms in total. The molecule has 2 atom stereocenters. The van der Waals surface area contributed by atoms with Gasteiger partial charge in [-0.15, -0.1) is 0 Å². The first-order valence-corrected chi connectivity index (χ1v) is 14.9. The van der Waals surface area contributed by atoms with E-state index in [2.05, 4.69) is 41.4 Å². The lowest BCUT2D eigenvalue weighted by Gasteiger charge is -2.28. The fraction of sp³-hybridized carbons (Fsp3) is 0.562. The van der Waals surface area contributed by atoms with E-state index in [0.29, 0.717) is 24.6 Å². The second-order valence-electron chi connectivity index (χ2n) is 13.3. The van der Waals surface area contributed by atoms with E-state index >= 15 is 0 Å². The summed E-state index contributed by atoms with van der Waals surface area (Å²) in [6, 6.07) is 9.50. The molecule has 240 valence electrons. The number of nitrogens with zero attached hydrogens (tertiary/aromatic N) is 5. The molecule has 12 heteroatoms. The Hall–Kier alpha value is -3.90. The van der Waals surface area contributed by atoms with Gasteiger partial charge in [-0.05, 0) is 76.8 Å². The lowest BCUT2D eigenvalue weighted by atomic mass is 9.99. The van der Waals surface area contributed by atoms with Crippen molar-refractivity contribution in [3.63, 3.8) is 0 Å². The minimum absolute atomic E-state index is 0.0982. The summed E-state index contributed by atoms with van der Waals surface area (Å²) in [4.78, 5) is 34.1. The third-order valence-electron chi connectivity index (χ3n) is 6.85. The van der Waals surface area contributed by atoms with Crippen LogP contribution in [0.5, 0.6) is 0 Å². The summed E-state index contributed by atoms with van der Waals surface area (Å²) in [5.41, 5.74) is 2.13. The molecule has 1 aromatic carbocycles. The van der Waals surface area contributed by atoms with Crippen LogP contribution in [0.1, 0.15) is 72.4 Å². The Labute approximate surface area is 259 Å². The van der Waals surface area contributed by atoms with Gasteiger partial charge in [0.1, 0.15) is 23.8 Å². The minimum atomic E-state index is -0.697. The molecule has 0 saturated carbocycles. The summed E-state index contributed by atoms with van der Waals surface area (Å²) in [5.74, 6) is 0.752. The fourth-order valence-corrected chi connectivity index (χ4v) is 4.92. The van der Waals surface area contributed by atoms with Crippen molar-refractivity contribution in [1.82, 2.24) is 19.5 Å². The maximum absolute atomic E-state index is 13.6. The van der Waals surface area contributed by atoms with Crippen LogP contribution in [-0.4, -0.2) is 82.0 Å². The molecule has 0 bridgehead atoms. The highest BCUT2D eigenvalue weighted by Gasteiger charge is 2.38. The lowest BCUT2D eigenvalue weighted by molar-refractivity contribution is -0.0699. The molecule has 1 N–H and O–H groups in total. The number of hydrogen-bond acceptors (Lipinski definition) is 9. The van der Waals surface area contributed by atoms with Crippen LogP contribution in [0, 0.1) is 0 Å². The second-order valence-corrected chi connectivity index (χ2v) is 13.3. The number of ether oxygens (including phenoxy) is 4. The number of benzene rings is 1. The van der Waals surface area contributed by atoms with Crippen LogP contribution in [0.25, 0.3) is 5.65 Å². The van der Waals surface area contributed by atoms with E-state index in [9.17, 15) is 9.59 Å². The quantitative estimate of drug-likeness (QED) is 0.299. The smallest absolute Gasteiger partial charge is 0.416 e. The van der Waals surface area contributed by atoms with Crippen LogP contribution in [-0.2, 0) is 25.5 Å². The Balaban J connectivity index is 1.66. The van der Waals surface area contributed by atoms with Gasteiger partial charge in [0, 0.05) is 31.6 Å². The average molecular weight is 611 g/mol. The molecule has 4 rings (SSSR count). The Morgan fingerprint density at radius 1 is 1.02 bits per heavy atom. The molecular weight excluding hydrogens is 564 g/mol. The number of nitrogens with one attached hydrogen (secondary N) is 1. The van der Waals surface area contributed by atoms with Gasteiger partial charge in [0.2, 0.25) is 0 Å². The number of carbonyl (C=O) groups excluding carboxylic acids is 2. The van der Waals surface area contributed by atoms with E-state index in [-0.39, 0.29) is 37.5 Å². The SMILES string of the molecule is COCO[C@H]1CN(C(=O)OC(C)(C)C)C[C@@H]1Nc1cc(CN(C(=O)OC(C)(C)C)c2ccnc3ccnn23)cc(C(C)C)c1. The molecule has 3 aromatic rings. The molecule has 3 heterocycles. The van der Waals surface area contributed by atoms with Gasteiger partial charge >= 0.3 is 12.2 Å². The average Bonchev–Trinajstić information content (AvgIpc) is 3.55. The van der Waals surface area contributed by atoms with Gasteiger partial charge in [0.25, 0.3) is 0 Å². The topological polar surface area (TPSA) is 120 Å². The summed E-state index contributed by atoms with van der Waals surface area (Å²) >= 11 is 0. The monoisotopic (exact) mass is 610 g/mol. The molecule has 0 radical (unpaired) electrons. The Kier molecular flexibility index (Phi) is 10.0. The van der Waals surface area contributed by atoms with Crippen LogP contribution in [0.2, 0.25) is 0 Å². The van der Waals surface area contributed by atoms with Crippen molar-refractivity contribution >= 4 is 29.3 Å². The van der Waals surface area contributed by atoms with Crippen molar-refractivity contribution in [3.8, 4) is 0 Å². The van der Waals surface area contributed by atoms with Crippen LogP contribution >= 0.6 is 0 Å². The molecule has 0 spiro atoms. The van der Waals surface area contributed by atoms with Crippen molar-refractivity contribution < 1.29 is 28.5 Å². The molecular formula is C32H46N6O6. The van der Waals surface area contributed by atoms with E-state index < -0.39 is 17.3 Å². The van der Waals surface area contributed by atoms with Crippen LogP contribution in [0.3, 0.4) is 0 Å². The highest BCUT2D eigenvalue weighted by molar-refractivity contribution is 5.87. The standard InChI is InChI=1S/C32H46N6O6/c1-21(2)23-14-22(17-37(30(40)44-32(6,7)8)28-11-12-33-27-10-13-34-38(27)28)15-24(16-23)35-25-18-36(19-26(25)42-20-41-9)29(39)43-31(3,4)5/h10-16,21,25-26,35H,17-20H2,1-9H3/t25-,26-/m0/s1. The third-order valence-corrected chi connectivity index (χ3v) is 6.85. The largest absolute Gasteiger partial charge is 0.444 e. The number of anilines is 2. The van der Waals surface area contributed by atoms with Crippen LogP contribution in [0.4, 0.5) is 21.1 Å². The minimum Gasteiger partial charge on any atom is -0.444 e. The van der Waals surface area contributed by atoms with Crippen LogP contribution < -0.4 is 10.2 Å². The molecule has 1 fully saturated rings. The number of rotatable bonds is 9. The normalized spacial score (nSPS) is 17.3. The fourth-order valence-electron chi connectivity index (χ4n) is 4.92. The Morgan fingerprint density at radius 2 is 1.75 bits per heavy atom. The number of hydrogen-bond donors (Lipinski definition) is 1. The zero-order valence-corrected chi connectivity index (χ0v) is 27.3. The van der Waals surface area contributed by atoms with Crippen LogP contribution in [0.15, 0.2) is 42.7 Å². The van der Waals surface area contributed by atoms with E-state index in [1.165, 1.54) is 0 Å². The Morgan fingerprint density at radius 3 is 2.41 bits per heavy atom. The van der Waals surface area contributed by atoms with Gasteiger partial charge in [-0.2, -0.15) is 9.61 Å². The van der Waals surface area contributed by atoms with Crippen molar-refractivity contribution in [3.05, 3.63) is 53.9 Å². The zero-order valence-electron chi connectivity index (χ0n) is 27.3. The Bertz CT molecular complexity index is 1440. The lowest BCUT2D eigenvalue weighted by Crippen LogP contribution is -2.38. The molecule has 2 amide bonds. The highest BCUT2D eigenvalue weighted by atomic mass is 16.7. The van der Waals surface area contributed by atoms with Gasteiger partial charge in [0.15, 0.2) is 5.65 Å². The van der Waals surface area contributed by atoms with Crippen molar-refractivity contribution in [2.24, 2.45) is 0 Å². The molecule has 0 unspecified atom stereocenters. The van der Waals surface area contributed by atoms with E-state index in [0.717, 1.165) is 16.8 Å². The number of aromatic nitrogens is 3. The van der Waals surface area contributed by atoms with Gasteiger partial charge in [-0.1, -0.05) is 19.9 Å². The first-order valence-electron chi connectivity index (χ1n) is 14.9. The maximum Gasteiger partial charge on any atom is 0.416 e. The van der Waals surface area contributed by atoms with Gasteiger partial charge in [-0.3, -0.25) is 4.90 Å². The summed E-state index contributed by atoms with van der Waals surface area (Å²) < 4.78 is 24.2. The van der Waals surface area contributed by atoms with Crippen molar-refractivity contribution in [1.29, 1.82) is 0 Å². The second kappa shape index (κ2) is 13.4. The van der Waals surface area contributed by atoms with E-state index in [4.69, 9.17) is 18.9 Å². The van der Waals surface area contributed by atoms with Gasteiger partial charge < -0.3 is 29.2 Å². The molecule has 0 aliphatic carbocycles. The first-order chi connectivity index (χ1) is 20.6.